The third kappa shape index (κ3) is 2.52. The van der Waals surface area contributed by atoms with Gasteiger partial charge in [0, 0.05) is 28.7 Å². The number of hydrogen-bond acceptors (Lipinski definition) is 6. The average molecular weight is 337 g/mol. The van der Waals surface area contributed by atoms with E-state index in [1.807, 2.05) is 40.4 Å². The van der Waals surface area contributed by atoms with Crippen molar-refractivity contribution in [1.82, 2.24) is 14.9 Å². The summed E-state index contributed by atoms with van der Waals surface area (Å²) >= 11 is 1.45. The van der Waals surface area contributed by atoms with Gasteiger partial charge in [0.2, 0.25) is 5.16 Å². The van der Waals surface area contributed by atoms with E-state index in [9.17, 15) is 10.1 Å². The lowest BCUT2D eigenvalue weighted by molar-refractivity contribution is -0.384. The third-order valence-corrected chi connectivity index (χ3v) is 4.40. The fourth-order valence-corrected chi connectivity index (χ4v) is 3.11. The maximum atomic E-state index is 10.8. The maximum absolute atomic E-state index is 10.8. The molecule has 1 aliphatic heterocycles. The predicted octanol–water partition coefficient (Wildman–Crippen LogP) is 3.50. The van der Waals surface area contributed by atoms with Crippen LogP contribution in [0.5, 0.6) is 0 Å². The number of thioether (sulfide) groups is 1. The van der Waals surface area contributed by atoms with Crippen molar-refractivity contribution in [3.8, 4) is 11.4 Å². The fraction of sp³-hybridized carbons (Fsp3) is 0. The zero-order chi connectivity index (χ0) is 16.5. The van der Waals surface area contributed by atoms with E-state index in [1.54, 1.807) is 12.1 Å². The van der Waals surface area contributed by atoms with E-state index in [-0.39, 0.29) is 5.69 Å². The first-order valence-electron chi connectivity index (χ1n) is 7.12. The molecule has 1 aromatic heterocycles. The van der Waals surface area contributed by atoms with Gasteiger partial charge in [-0.1, -0.05) is 42.1 Å². The SMILES string of the molecule is O=[N+]([O-])c1ccc(C2=CSc3nnc(-c4ccccc4)n3N2)cc1. The van der Waals surface area contributed by atoms with Gasteiger partial charge in [-0.3, -0.25) is 15.5 Å². The number of nitro groups is 1. The van der Waals surface area contributed by atoms with Crippen molar-refractivity contribution in [3.05, 3.63) is 75.7 Å². The highest BCUT2D eigenvalue weighted by Gasteiger charge is 2.19. The standard InChI is InChI=1S/C16H11N5O2S/c22-21(23)13-8-6-11(7-9-13)14-10-24-16-18-17-15(20(16)19-14)12-4-2-1-3-5-12/h1-10,19H. The number of non-ortho nitro benzene ring substituents is 1. The quantitative estimate of drug-likeness (QED) is 0.581. The molecule has 1 N–H and O–H groups in total. The van der Waals surface area contributed by atoms with E-state index >= 15 is 0 Å². The molecular formula is C16H11N5O2S. The number of nitrogens with one attached hydrogen (secondary N) is 1. The smallest absolute Gasteiger partial charge is 0.269 e. The van der Waals surface area contributed by atoms with Gasteiger partial charge in [0.25, 0.3) is 5.69 Å². The van der Waals surface area contributed by atoms with Crippen LogP contribution in [-0.4, -0.2) is 19.8 Å². The van der Waals surface area contributed by atoms with E-state index < -0.39 is 4.92 Å². The summed E-state index contributed by atoms with van der Waals surface area (Å²) in [5, 5.41) is 21.8. The van der Waals surface area contributed by atoms with E-state index in [2.05, 4.69) is 15.6 Å². The summed E-state index contributed by atoms with van der Waals surface area (Å²) in [4.78, 5) is 10.4. The van der Waals surface area contributed by atoms with Crippen LogP contribution in [0.4, 0.5) is 5.69 Å². The van der Waals surface area contributed by atoms with Crippen LogP contribution >= 0.6 is 11.8 Å². The molecule has 0 saturated carbocycles. The Morgan fingerprint density at radius 3 is 2.46 bits per heavy atom. The largest absolute Gasteiger partial charge is 0.289 e. The van der Waals surface area contributed by atoms with Crippen LogP contribution < -0.4 is 5.43 Å². The molecule has 0 saturated heterocycles. The summed E-state index contributed by atoms with van der Waals surface area (Å²) in [5.74, 6) is 0.714. The molecule has 0 atom stereocenters. The van der Waals surface area contributed by atoms with Gasteiger partial charge in [0.15, 0.2) is 5.82 Å². The molecule has 0 bridgehead atoms. The first-order chi connectivity index (χ1) is 11.7. The molecule has 24 heavy (non-hydrogen) atoms. The number of fused-ring (bicyclic) bond motifs is 1. The lowest BCUT2D eigenvalue weighted by atomic mass is 10.1. The van der Waals surface area contributed by atoms with E-state index in [1.165, 1.54) is 23.9 Å². The lowest BCUT2D eigenvalue weighted by Crippen LogP contribution is -2.18. The van der Waals surface area contributed by atoms with Crippen molar-refractivity contribution in [2.24, 2.45) is 0 Å². The Hall–Kier alpha value is -3.13. The Morgan fingerprint density at radius 1 is 1.00 bits per heavy atom. The predicted molar refractivity (Wildman–Crippen MR) is 91.7 cm³/mol. The minimum absolute atomic E-state index is 0.0674. The van der Waals surface area contributed by atoms with Crippen LogP contribution in [0.1, 0.15) is 5.56 Å². The van der Waals surface area contributed by atoms with Crippen molar-refractivity contribution >= 4 is 23.1 Å². The van der Waals surface area contributed by atoms with Crippen LogP contribution in [0.15, 0.2) is 65.2 Å². The Labute approximate surface area is 141 Å². The fourth-order valence-electron chi connectivity index (χ4n) is 2.38. The van der Waals surface area contributed by atoms with Crippen LogP contribution in [-0.2, 0) is 0 Å². The van der Waals surface area contributed by atoms with Crippen molar-refractivity contribution in [2.75, 3.05) is 5.43 Å². The topological polar surface area (TPSA) is 85.9 Å². The molecule has 4 rings (SSSR count). The summed E-state index contributed by atoms with van der Waals surface area (Å²) in [6.07, 6.45) is 0. The average Bonchev–Trinajstić information content (AvgIpc) is 3.05. The van der Waals surface area contributed by atoms with E-state index in [0.29, 0.717) is 5.82 Å². The second-order valence-corrected chi connectivity index (χ2v) is 5.91. The molecule has 0 aliphatic carbocycles. The number of aromatic nitrogens is 3. The zero-order valence-electron chi connectivity index (χ0n) is 12.3. The second-order valence-electron chi connectivity index (χ2n) is 5.07. The molecule has 2 heterocycles. The highest BCUT2D eigenvalue weighted by molar-refractivity contribution is 8.02. The maximum Gasteiger partial charge on any atom is 0.269 e. The third-order valence-electron chi connectivity index (χ3n) is 3.57. The van der Waals surface area contributed by atoms with E-state index in [4.69, 9.17) is 0 Å². The number of nitrogens with zero attached hydrogens (tertiary/aromatic N) is 4. The molecule has 2 aromatic carbocycles. The minimum Gasteiger partial charge on any atom is -0.289 e. The number of benzene rings is 2. The monoisotopic (exact) mass is 337 g/mol. The van der Waals surface area contributed by atoms with Gasteiger partial charge >= 0.3 is 0 Å². The van der Waals surface area contributed by atoms with Crippen molar-refractivity contribution < 1.29 is 4.92 Å². The molecule has 3 aromatic rings. The first-order valence-corrected chi connectivity index (χ1v) is 8.00. The normalized spacial score (nSPS) is 12.9. The lowest BCUT2D eigenvalue weighted by Gasteiger charge is -2.19. The summed E-state index contributed by atoms with van der Waals surface area (Å²) in [5.41, 5.74) is 5.98. The molecule has 0 unspecified atom stereocenters. The Bertz CT molecular complexity index is 935. The molecule has 0 spiro atoms. The van der Waals surface area contributed by atoms with Gasteiger partial charge in [0.05, 0.1) is 10.6 Å². The number of hydrogen-bond donors (Lipinski definition) is 1. The molecule has 8 heteroatoms. The van der Waals surface area contributed by atoms with Gasteiger partial charge in [-0.25, -0.2) is 4.68 Å². The van der Waals surface area contributed by atoms with Crippen LogP contribution in [0.25, 0.3) is 17.1 Å². The zero-order valence-corrected chi connectivity index (χ0v) is 13.1. The van der Waals surface area contributed by atoms with Crippen molar-refractivity contribution in [1.29, 1.82) is 0 Å². The number of nitro benzene ring substituents is 1. The molecule has 1 aliphatic rings. The second kappa shape index (κ2) is 5.82. The van der Waals surface area contributed by atoms with Crippen molar-refractivity contribution in [3.63, 3.8) is 0 Å². The van der Waals surface area contributed by atoms with E-state index in [0.717, 1.165) is 22.0 Å². The Morgan fingerprint density at radius 2 is 1.75 bits per heavy atom. The highest BCUT2D eigenvalue weighted by atomic mass is 32.2. The minimum atomic E-state index is -0.410. The number of rotatable bonds is 3. The van der Waals surface area contributed by atoms with Crippen LogP contribution in [0.3, 0.4) is 0 Å². The Kier molecular flexibility index (Phi) is 3.51. The summed E-state index contributed by atoms with van der Waals surface area (Å²) < 4.78 is 1.82. The van der Waals surface area contributed by atoms with Crippen LogP contribution in [0, 0.1) is 10.1 Å². The molecule has 0 amide bonds. The molecule has 118 valence electrons. The molecular weight excluding hydrogens is 326 g/mol. The van der Waals surface area contributed by atoms with Gasteiger partial charge in [-0.05, 0) is 12.1 Å². The van der Waals surface area contributed by atoms with Gasteiger partial charge in [-0.2, -0.15) is 0 Å². The van der Waals surface area contributed by atoms with Gasteiger partial charge in [-0.15, -0.1) is 10.2 Å². The first kappa shape index (κ1) is 14.5. The summed E-state index contributed by atoms with van der Waals surface area (Å²) in [6, 6.07) is 16.2. The molecule has 7 nitrogen and oxygen atoms in total. The van der Waals surface area contributed by atoms with Crippen LogP contribution in [0.2, 0.25) is 0 Å². The Balaban J connectivity index is 1.66. The molecule has 0 radical (unpaired) electrons. The van der Waals surface area contributed by atoms with Gasteiger partial charge in [0.1, 0.15) is 0 Å². The molecule has 0 fully saturated rings. The van der Waals surface area contributed by atoms with Gasteiger partial charge < -0.3 is 0 Å². The summed E-state index contributed by atoms with van der Waals surface area (Å²) in [6.45, 7) is 0. The summed E-state index contributed by atoms with van der Waals surface area (Å²) in [7, 11) is 0. The highest BCUT2D eigenvalue weighted by Crippen LogP contribution is 2.31. The van der Waals surface area contributed by atoms with Crippen molar-refractivity contribution in [2.45, 2.75) is 5.16 Å².